The highest BCUT2D eigenvalue weighted by molar-refractivity contribution is 5.93. The number of nitrogens with one attached hydrogen (secondary N) is 1. The van der Waals surface area contributed by atoms with Crippen molar-refractivity contribution in [1.82, 2.24) is 10.3 Å². The molecular weight excluding hydrogens is 202 g/mol. The van der Waals surface area contributed by atoms with E-state index in [9.17, 15) is 4.79 Å². The lowest BCUT2D eigenvalue weighted by molar-refractivity contribution is 0.0948. The van der Waals surface area contributed by atoms with Crippen molar-refractivity contribution in [2.75, 3.05) is 12.3 Å². The van der Waals surface area contributed by atoms with Crippen LogP contribution in [0.4, 0.5) is 5.82 Å². The maximum absolute atomic E-state index is 11.7. The van der Waals surface area contributed by atoms with E-state index in [1.165, 1.54) is 25.5 Å². The van der Waals surface area contributed by atoms with Gasteiger partial charge in [0, 0.05) is 12.7 Å². The van der Waals surface area contributed by atoms with Crippen LogP contribution in [0.2, 0.25) is 0 Å². The molecule has 1 aliphatic carbocycles. The largest absolute Gasteiger partial charge is 0.384 e. The molecule has 4 heteroatoms. The molecule has 1 amide bonds. The molecule has 0 radical (unpaired) electrons. The maximum atomic E-state index is 11.7. The van der Waals surface area contributed by atoms with Crippen molar-refractivity contribution in [1.29, 1.82) is 0 Å². The first-order valence-electron chi connectivity index (χ1n) is 5.75. The lowest BCUT2D eigenvalue weighted by Crippen LogP contribution is -2.27. The number of amides is 1. The molecule has 1 aromatic heterocycles. The molecule has 4 nitrogen and oxygen atoms in total. The number of anilines is 1. The molecule has 2 rings (SSSR count). The quantitative estimate of drug-likeness (QED) is 0.808. The Labute approximate surface area is 95.3 Å². The normalized spacial score (nSPS) is 15.5. The topological polar surface area (TPSA) is 68.0 Å². The van der Waals surface area contributed by atoms with Crippen LogP contribution in [0.1, 0.15) is 36.0 Å². The van der Waals surface area contributed by atoms with Gasteiger partial charge in [0.15, 0.2) is 0 Å². The molecule has 1 saturated carbocycles. The van der Waals surface area contributed by atoms with E-state index < -0.39 is 0 Å². The van der Waals surface area contributed by atoms with Crippen molar-refractivity contribution in [3.8, 4) is 0 Å². The second-order valence-electron chi connectivity index (χ2n) is 4.31. The third-order valence-electron chi connectivity index (χ3n) is 3.11. The van der Waals surface area contributed by atoms with Gasteiger partial charge in [0.2, 0.25) is 0 Å². The van der Waals surface area contributed by atoms with E-state index in [1.807, 2.05) is 0 Å². The Balaban J connectivity index is 1.76. The number of nitrogens with zero attached hydrogens (tertiary/aromatic N) is 1. The molecule has 0 spiro atoms. The second-order valence-corrected chi connectivity index (χ2v) is 4.31. The minimum absolute atomic E-state index is 0.0631. The molecule has 1 aliphatic rings. The molecule has 16 heavy (non-hydrogen) atoms. The first-order valence-corrected chi connectivity index (χ1v) is 5.75. The fourth-order valence-corrected chi connectivity index (χ4v) is 1.81. The molecule has 86 valence electrons. The highest BCUT2D eigenvalue weighted by atomic mass is 16.1. The van der Waals surface area contributed by atoms with Crippen LogP contribution in [0.3, 0.4) is 0 Å². The van der Waals surface area contributed by atoms with E-state index >= 15 is 0 Å². The number of carbonyl (C=O) groups excluding carboxylic acids is 1. The van der Waals surface area contributed by atoms with Gasteiger partial charge in [0.05, 0.1) is 5.56 Å². The van der Waals surface area contributed by atoms with Crippen molar-refractivity contribution in [3.05, 3.63) is 23.9 Å². The third kappa shape index (κ3) is 2.72. The predicted molar refractivity (Wildman–Crippen MR) is 62.9 cm³/mol. The molecule has 0 atom stereocenters. The number of rotatable bonds is 4. The van der Waals surface area contributed by atoms with Gasteiger partial charge in [0.1, 0.15) is 5.82 Å². The second kappa shape index (κ2) is 4.96. The van der Waals surface area contributed by atoms with Crippen LogP contribution in [0.5, 0.6) is 0 Å². The maximum Gasteiger partial charge on any atom is 0.252 e. The molecule has 0 saturated heterocycles. The Bertz CT molecular complexity index is 357. The molecule has 3 N–H and O–H groups in total. The van der Waals surface area contributed by atoms with Gasteiger partial charge in [-0.15, -0.1) is 0 Å². The zero-order chi connectivity index (χ0) is 11.4. The van der Waals surface area contributed by atoms with Gasteiger partial charge in [-0.25, -0.2) is 4.98 Å². The summed E-state index contributed by atoms with van der Waals surface area (Å²) in [5.74, 6) is 1.20. The van der Waals surface area contributed by atoms with Gasteiger partial charge in [-0.1, -0.05) is 19.3 Å². The van der Waals surface area contributed by atoms with E-state index in [-0.39, 0.29) is 5.91 Å². The SMILES string of the molecule is Nc1ccc(C(=O)NCCC2CCC2)cn1. The Morgan fingerprint density at radius 1 is 1.50 bits per heavy atom. The number of pyridine rings is 1. The predicted octanol–water partition coefficient (Wildman–Crippen LogP) is 1.58. The average molecular weight is 219 g/mol. The smallest absolute Gasteiger partial charge is 0.252 e. The van der Waals surface area contributed by atoms with Crippen LogP contribution >= 0.6 is 0 Å². The zero-order valence-electron chi connectivity index (χ0n) is 9.28. The van der Waals surface area contributed by atoms with Crippen molar-refractivity contribution in [3.63, 3.8) is 0 Å². The summed E-state index contributed by atoms with van der Waals surface area (Å²) in [6.45, 7) is 0.758. The lowest BCUT2D eigenvalue weighted by atomic mass is 9.83. The highest BCUT2D eigenvalue weighted by Gasteiger charge is 2.17. The van der Waals surface area contributed by atoms with E-state index in [2.05, 4.69) is 10.3 Å². The third-order valence-corrected chi connectivity index (χ3v) is 3.11. The van der Waals surface area contributed by atoms with E-state index in [0.29, 0.717) is 11.4 Å². The van der Waals surface area contributed by atoms with Crippen molar-refractivity contribution < 1.29 is 4.79 Å². The first-order chi connectivity index (χ1) is 7.75. The zero-order valence-corrected chi connectivity index (χ0v) is 9.28. The summed E-state index contributed by atoms with van der Waals surface area (Å²) in [5, 5.41) is 2.90. The van der Waals surface area contributed by atoms with Crippen LogP contribution in [0, 0.1) is 5.92 Å². The fourth-order valence-electron chi connectivity index (χ4n) is 1.81. The summed E-state index contributed by atoms with van der Waals surface area (Å²) >= 11 is 0. The number of carbonyl (C=O) groups is 1. The minimum Gasteiger partial charge on any atom is -0.384 e. The summed E-state index contributed by atoms with van der Waals surface area (Å²) in [6.07, 6.45) is 6.58. The number of aromatic nitrogens is 1. The van der Waals surface area contributed by atoms with Gasteiger partial charge in [-0.05, 0) is 24.5 Å². The van der Waals surface area contributed by atoms with Gasteiger partial charge in [-0.2, -0.15) is 0 Å². The Kier molecular flexibility index (Phi) is 3.39. The average Bonchev–Trinajstić information content (AvgIpc) is 2.22. The van der Waals surface area contributed by atoms with Crippen molar-refractivity contribution in [2.45, 2.75) is 25.7 Å². The molecule has 0 aromatic carbocycles. The summed E-state index contributed by atoms with van der Waals surface area (Å²) in [4.78, 5) is 15.5. The molecular formula is C12H17N3O. The molecule has 1 fully saturated rings. The van der Waals surface area contributed by atoms with Crippen LogP contribution < -0.4 is 11.1 Å². The highest BCUT2D eigenvalue weighted by Crippen LogP contribution is 2.28. The van der Waals surface area contributed by atoms with Crippen LogP contribution in [-0.4, -0.2) is 17.4 Å². The minimum atomic E-state index is -0.0631. The number of hydrogen-bond donors (Lipinski definition) is 2. The lowest BCUT2D eigenvalue weighted by Gasteiger charge is -2.25. The van der Waals surface area contributed by atoms with E-state index in [1.54, 1.807) is 12.1 Å². The van der Waals surface area contributed by atoms with Gasteiger partial charge in [0.25, 0.3) is 5.91 Å². The standard InChI is InChI=1S/C12H17N3O/c13-11-5-4-10(8-15-11)12(16)14-7-6-9-2-1-3-9/h4-5,8-9H,1-3,6-7H2,(H2,13,15)(H,14,16). The molecule has 0 aliphatic heterocycles. The summed E-state index contributed by atoms with van der Waals surface area (Å²) in [5.41, 5.74) is 6.02. The Morgan fingerprint density at radius 2 is 2.31 bits per heavy atom. The van der Waals surface area contributed by atoms with Gasteiger partial charge in [-0.3, -0.25) is 4.79 Å². The van der Waals surface area contributed by atoms with Crippen molar-refractivity contribution >= 4 is 11.7 Å². The van der Waals surface area contributed by atoms with Crippen molar-refractivity contribution in [2.24, 2.45) is 5.92 Å². The number of hydrogen-bond acceptors (Lipinski definition) is 3. The molecule has 0 bridgehead atoms. The number of nitrogen functional groups attached to an aromatic ring is 1. The number of nitrogens with two attached hydrogens (primary N) is 1. The first kappa shape index (κ1) is 10.9. The van der Waals surface area contributed by atoms with Gasteiger partial charge < -0.3 is 11.1 Å². The summed E-state index contributed by atoms with van der Waals surface area (Å²) in [6, 6.07) is 3.34. The molecule has 1 aromatic rings. The molecule has 0 unspecified atom stereocenters. The summed E-state index contributed by atoms with van der Waals surface area (Å²) in [7, 11) is 0. The monoisotopic (exact) mass is 219 g/mol. The van der Waals surface area contributed by atoms with E-state index in [0.717, 1.165) is 18.9 Å². The Morgan fingerprint density at radius 3 is 2.88 bits per heavy atom. The molecule has 1 heterocycles. The van der Waals surface area contributed by atoms with E-state index in [4.69, 9.17) is 5.73 Å². The van der Waals surface area contributed by atoms with Crippen LogP contribution in [0.25, 0.3) is 0 Å². The van der Waals surface area contributed by atoms with Gasteiger partial charge >= 0.3 is 0 Å². The van der Waals surface area contributed by atoms with Crippen LogP contribution in [0.15, 0.2) is 18.3 Å². The fraction of sp³-hybridized carbons (Fsp3) is 0.500. The summed E-state index contributed by atoms with van der Waals surface area (Å²) < 4.78 is 0. The van der Waals surface area contributed by atoms with Crippen LogP contribution in [-0.2, 0) is 0 Å². The Hall–Kier alpha value is -1.58.